The number of hydrogen-bond acceptors (Lipinski definition) is 4. The summed E-state index contributed by atoms with van der Waals surface area (Å²) >= 11 is 1.75. The van der Waals surface area contributed by atoms with Gasteiger partial charge in [-0.3, -0.25) is 0 Å². The monoisotopic (exact) mass is 256 g/mol. The van der Waals surface area contributed by atoms with Crippen LogP contribution in [0.25, 0.3) is 0 Å². The Morgan fingerprint density at radius 1 is 1.29 bits per heavy atom. The molecule has 0 N–H and O–H groups in total. The number of esters is 1. The molecule has 0 spiro atoms. The molecule has 0 aliphatic carbocycles. The fourth-order valence-electron chi connectivity index (χ4n) is 1.57. The molecule has 96 valence electrons. The fourth-order valence-corrected chi connectivity index (χ4v) is 2.27. The van der Waals surface area contributed by atoms with Gasteiger partial charge in [0.1, 0.15) is 6.61 Å². The molecule has 4 heteroatoms. The fraction of sp³-hybridized carbons (Fsp3) is 0.615. The van der Waals surface area contributed by atoms with Gasteiger partial charge in [0.15, 0.2) is 0 Å². The lowest BCUT2D eigenvalue weighted by atomic mass is 10.1. The van der Waals surface area contributed by atoms with Crippen molar-refractivity contribution in [1.82, 2.24) is 0 Å². The Morgan fingerprint density at radius 3 is 2.82 bits per heavy atom. The molecule has 0 saturated heterocycles. The average molecular weight is 256 g/mol. The van der Waals surface area contributed by atoms with Crippen LogP contribution in [0.15, 0.2) is 16.8 Å². The van der Waals surface area contributed by atoms with Crippen LogP contribution in [-0.4, -0.2) is 26.3 Å². The van der Waals surface area contributed by atoms with Crippen molar-refractivity contribution in [3.05, 3.63) is 22.4 Å². The van der Waals surface area contributed by atoms with Crippen LogP contribution in [-0.2, 0) is 20.7 Å². The molecule has 1 aromatic heterocycles. The number of ether oxygens (including phenoxy) is 2. The van der Waals surface area contributed by atoms with Crippen LogP contribution in [0.3, 0.4) is 0 Å². The Hall–Kier alpha value is -0.870. The van der Waals surface area contributed by atoms with Crippen LogP contribution in [0, 0.1) is 0 Å². The van der Waals surface area contributed by atoms with Crippen LogP contribution in [0.4, 0.5) is 0 Å². The molecule has 0 unspecified atom stereocenters. The van der Waals surface area contributed by atoms with Crippen LogP contribution in [0.5, 0.6) is 0 Å². The van der Waals surface area contributed by atoms with E-state index < -0.39 is 0 Å². The van der Waals surface area contributed by atoms with Gasteiger partial charge < -0.3 is 9.47 Å². The smallest absolute Gasteiger partial charge is 0.332 e. The standard InChI is InChI=1S/C13H20O3S/c1-15-10-13(14)16-8-5-3-2-4-6-12-7-9-17-11-12/h7,9,11H,2-6,8,10H2,1H3. The predicted octanol–water partition coefficient (Wildman–Crippen LogP) is 3.04. The Labute approximate surface area is 107 Å². The number of hydrogen-bond donors (Lipinski definition) is 0. The van der Waals surface area contributed by atoms with E-state index in [9.17, 15) is 4.79 Å². The van der Waals surface area contributed by atoms with Gasteiger partial charge in [0, 0.05) is 7.11 Å². The summed E-state index contributed by atoms with van der Waals surface area (Å²) in [5.74, 6) is -0.272. The number of carbonyl (C=O) groups excluding carboxylic acids is 1. The molecule has 1 rings (SSSR count). The summed E-state index contributed by atoms with van der Waals surface area (Å²) in [4.78, 5) is 10.9. The molecule has 1 aromatic rings. The zero-order valence-electron chi connectivity index (χ0n) is 10.3. The zero-order chi connectivity index (χ0) is 12.3. The Morgan fingerprint density at radius 2 is 2.12 bits per heavy atom. The normalized spacial score (nSPS) is 10.4. The van der Waals surface area contributed by atoms with Crippen molar-refractivity contribution in [2.75, 3.05) is 20.3 Å². The third-order valence-electron chi connectivity index (χ3n) is 2.47. The van der Waals surface area contributed by atoms with Gasteiger partial charge in [0.2, 0.25) is 0 Å². The van der Waals surface area contributed by atoms with E-state index in [-0.39, 0.29) is 12.6 Å². The maximum atomic E-state index is 10.9. The third kappa shape index (κ3) is 7.13. The van der Waals surface area contributed by atoms with Crippen molar-refractivity contribution in [1.29, 1.82) is 0 Å². The van der Waals surface area contributed by atoms with Gasteiger partial charge in [0.05, 0.1) is 6.61 Å². The minimum Gasteiger partial charge on any atom is -0.464 e. The second-order valence-electron chi connectivity index (χ2n) is 3.95. The van der Waals surface area contributed by atoms with Gasteiger partial charge in [-0.2, -0.15) is 11.3 Å². The van der Waals surface area contributed by atoms with E-state index in [1.165, 1.54) is 25.5 Å². The molecule has 0 amide bonds. The van der Waals surface area contributed by atoms with E-state index in [1.54, 1.807) is 11.3 Å². The molecular formula is C13H20O3S. The first-order chi connectivity index (χ1) is 8.33. The SMILES string of the molecule is COCC(=O)OCCCCCCc1ccsc1. The lowest BCUT2D eigenvalue weighted by Crippen LogP contribution is -2.11. The molecule has 0 atom stereocenters. The minimum atomic E-state index is -0.272. The highest BCUT2D eigenvalue weighted by Gasteiger charge is 2.00. The molecule has 0 bridgehead atoms. The van der Waals surface area contributed by atoms with Gasteiger partial charge in [-0.1, -0.05) is 12.8 Å². The Kier molecular flexibility index (Phi) is 7.67. The maximum Gasteiger partial charge on any atom is 0.332 e. The lowest BCUT2D eigenvalue weighted by molar-refractivity contribution is -0.148. The first-order valence-electron chi connectivity index (χ1n) is 5.98. The Balaban J connectivity index is 1.86. The van der Waals surface area contributed by atoms with Gasteiger partial charge in [0.25, 0.3) is 0 Å². The van der Waals surface area contributed by atoms with Crippen LogP contribution in [0.2, 0.25) is 0 Å². The molecule has 3 nitrogen and oxygen atoms in total. The predicted molar refractivity (Wildman–Crippen MR) is 69.3 cm³/mol. The van der Waals surface area contributed by atoms with Crippen molar-refractivity contribution in [3.63, 3.8) is 0 Å². The lowest BCUT2D eigenvalue weighted by Gasteiger charge is -2.03. The average Bonchev–Trinajstić information content (AvgIpc) is 2.81. The highest BCUT2D eigenvalue weighted by Crippen LogP contribution is 2.11. The van der Waals surface area contributed by atoms with Gasteiger partial charge in [-0.15, -0.1) is 0 Å². The summed E-state index contributed by atoms with van der Waals surface area (Å²) < 4.78 is 9.64. The van der Waals surface area contributed by atoms with E-state index in [0.29, 0.717) is 6.61 Å². The van der Waals surface area contributed by atoms with Crippen molar-refractivity contribution in [2.24, 2.45) is 0 Å². The quantitative estimate of drug-likeness (QED) is 0.503. The van der Waals surface area contributed by atoms with Crippen LogP contribution < -0.4 is 0 Å². The third-order valence-corrected chi connectivity index (χ3v) is 3.20. The number of methoxy groups -OCH3 is 1. The molecule has 0 aromatic carbocycles. The van der Waals surface area contributed by atoms with E-state index in [0.717, 1.165) is 19.3 Å². The van der Waals surface area contributed by atoms with Gasteiger partial charge in [-0.25, -0.2) is 4.79 Å². The molecule has 0 fully saturated rings. The summed E-state index contributed by atoms with van der Waals surface area (Å²) in [5, 5.41) is 4.32. The van der Waals surface area contributed by atoms with Gasteiger partial charge >= 0.3 is 5.97 Å². The summed E-state index contributed by atoms with van der Waals surface area (Å²) in [7, 11) is 1.49. The number of rotatable bonds is 9. The molecule has 0 saturated carbocycles. The van der Waals surface area contributed by atoms with E-state index in [2.05, 4.69) is 21.6 Å². The summed E-state index contributed by atoms with van der Waals surface area (Å²) in [6.45, 7) is 0.568. The minimum absolute atomic E-state index is 0.0537. The Bertz CT molecular complexity index is 296. The van der Waals surface area contributed by atoms with Crippen molar-refractivity contribution in [3.8, 4) is 0 Å². The largest absolute Gasteiger partial charge is 0.464 e. The highest BCUT2D eigenvalue weighted by atomic mass is 32.1. The first kappa shape index (κ1) is 14.2. The second-order valence-corrected chi connectivity index (χ2v) is 4.73. The molecular weight excluding hydrogens is 236 g/mol. The summed E-state index contributed by atoms with van der Waals surface area (Å²) in [6, 6.07) is 2.18. The number of unbranched alkanes of at least 4 members (excludes halogenated alkanes) is 3. The van der Waals surface area contributed by atoms with Crippen LogP contribution in [0.1, 0.15) is 31.2 Å². The van der Waals surface area contributed by atoms with Crippen molar-refractivity contribution >= 4 is 17.3 Å². The molecule has 0 aliphatic rings. The molecule has 17 heavy (non-hydrogen) atoms. The first-order valence-corrected chi connectivity index (χ1v) is 6.93. The number of carbonyl (C=O) groups is 1. The molecule has 1 heterocycles. The number of thiophene rings is 1. The van der Waals surface area contributed by atoms with E-state index in [1.807, 2.05) is 0 Å². The maximum absolute atomic E-state index is 10.9. The highest BCUT2D eigenvalue weighted by molar-refractivity contribution is 7.07. The topological polar surface area (TPSA) is 35.5 Å². The zero-order valence-corrected chi connectivity index (χ0v) is 11.1. The van der Waals surface area contributed by atoms with Crippen molar-refractivity contribution < 1.29 is 14.3 Å². The van der Waals surface area contributed by atoms with E-state index in [4.69, 9.17) is 4.74 Å². The van der Waals surface area contributed by atoms with Gasteiger partial charge in [-0.05, 0) is 41.7 Å². The van der Waals surface area contributed by atoms with E-state index >= 15 is 0 Å². The second kappa shape index (κ2) is 9.19. The number of aryl methyl sites for hydroxylation is 1. The summed E-state index contributed by atoms with van der Waals surface area (Å²) in [5.41, 5.74) is 1.43. The van der Waals surface area contributed by atoms with Crippen molar-refractivity contribution in [2.45, 2.75) is 32.1 Å². The molecule has 0 radical (unpaired) electrons. The molecule has 0 aliphatic heterocycles. The summed E-state index contributed by atoms with van der Waals surface area (Å²) in [6.07, 6.45) is 5.62. The van der Waals surface area contributed by atoms with Crippen LogP contribution >= 0.6 is 11.3 Å².